The highest BCUT2D eigenvalue weighted by atomic mass is 35.5. The maximum Gasteiger partial charge on any atom is 0.0483 e. The third-order valence-corrected chi connectivity index (χ3v) is 3.07. The van der Waals surface area contributed by atoms with E-state index in [-0.39, 0.29) is 12.4 Å². The Balaban J connectivity index is 0.000000853. The van der Waals surface area contributed by atoms with Gasteiger partial charge in [-0.15, -0.1) is 12.4 Å². The van der Waals surface area contributed by atoms with E-state index in [0.29, 0.717) is 0 Å². The van der Waals surface area contributed by atoms with Crippen molar-refractivity contribution < 1.29 is 0 Å². The lowest BCUT2D eigenvalue weighted by Gasteiger charge is -2.02. The summed E-state index contributed by atoms with van der Waals surface area (Å²) in [6, 6.07) is 6.58. The van der Waals surface area contributed by atoms with Gasteiger partial charge in [-0.25, -0.2) is 0 Å². The van der Waals surface area contributed by atoms with Gasteiger partial charge in [-0.2, -0.15) is 0 Å². The van der Waals surface area contributed by atoms with E-state index in [0.717, 1.165) is 19.5 Å². The molecule has 1 N–H and O–H groups in total. The van der Waals surface area contributed by atoms with E-state index in [4.69, 9.17) is 0 Å². The summed E-state index contributed by atoms with van der Waals surface area (Å²) < 4.78 is 2.24. The van der Waals surface area contributed by atoms with Crippen LogP contribution in [0.1, 0.15) is 11.1 Å². The highest BCUT2D eigenvalue weighted by Gasteiger charge is 2.12. The van der Waals surface area contributed by atoms with Gasteiger partial charge in [-0.1, -0.05) is 12.1 Å². The molecule has 0 unspecified atom stereocenters. The highest BCUT2D eigenvalue weighted by Crippen LogP contribution is 2.26. The lowest BCUT2D eigenvalue weighted by molar-refractivity contribution is 0.700. The Hall–Kier alpha value is -0.990. The zero-order chi connectivity index (χ0) is 9.54. The number of hydrogen-bond acceptors (Lipinski definition) is 1. The molecule has 1 aliphatic rings. The molecule has 0 radical (unpaired) electrons. The Kier molecular flexibility index (Phi) is 2.72. The molecule has 0 saturated heterocycles. The largest absolute Gasteiger partial charge is 0.350 e. The minimum atomic E-state index is 0. The molecule has 1 aromatic carbocycles. The van der Waals surface area contributed by atoms with Crippen LogP contribution in [0.4, 0.5) is 0 Å². The quantitative estimate of drug-likeness (QED) is 0.724. The van der Waals surface area contributed by atoms with Gasteiger partial charge in [0, 0.05) is 30.7 Å². The molecule has 15 heavy (non-hydrogen) atoms. The average Bonchev–Trinajstić information content (AvgIpc) is 2.41. The normalized spacial score (nSPS) is 14.7. The molecule has 80 valence electrons. The molecule has 1 aliphatic heterocycles. The molecular weight excluding hydrogens is 208 g/mol. The average molecular weight is 223 g/mol. The molecule has 0 spiro atoms. The van der Waals surface area contributed by atoms with E-state index in [2.05, 4.69) is 41.3 Å². The minimum Gasteiger partial charge on any atom is -0.350 e. The maximum absolute atomic E-state index is 3.45. The van der Waals surface area contributed by atoms with Crippen molar-refractivity contribution in [2.45, 2.75) is 13.0 Å². The second-order valence-corrected chi connectivity index (χ2v) is 4.00. The van der Waals surface area contributed by atoms with E-state index < -0.39 is 0 Å². The van der Waals surface area contributed by atoms with Crippen LogP contribution < -0.4 is 5.32 Å². The molecule has 2 heterocycles. The van der Waals surface area contributed by atoms with Crippen molar-refractivity contribution in [3.63, 3.8) is 0 Å². The molecule has 3 heteroatoms. The summed E-state index contributed by atoms with van der Waals surface area (Å²) in [5.41, 5.74) is 4.29. The first kappa shape index (κ1) is 10.5. The van der Waals surface area contributed by atoms with E-state index >= 15 is 0 Å². The van der Waals surface area contributed by atoms with E-state index in [1.54, 1.807) is 0 Å². The van der Waals surface area contributed by atoms with Crippen molar-refractivity contribution >= 4 is 23.3 Å². The fraction of sp³-hybridized carbons (Fsp3) is 0.333. The zero-order valence-corrected chi connectivity index (χ0v) is 9.60. The Morgan fingerprint density at radius 3 is 3.00 bits per heavy atom. The summed E-state index contributed by atoms with van der Waals surface area (Å²) in [5.74, 6) is 0. The van der Waals surface area contributed by atoms with E-state index in [1.807, 2.05) is 0 Å². The molecule has 0 bridgehead atoms. The Morgan fingerprint density at radius 2 is 2.13 bits per heavy atom. The predicted octanol–water partition coefficient (Wildman–Crippen LogP) is 2.25. The first-order valence-electron chi connectivity index (χ1n) is 5.13. The van der Waals surface area contributed by atoms with Crippen LogP contribution in [0.5, 0.6) is 0 Å². The maximum atomic E-state index is 3.45. The van der Waals surface area contributed by atoms with Crippen molar-refractivity contribution in [2.24, 2.45) is 7.05 Å². The number of nitrogens with zero attached hydrogens (tertiary/aromatic N) is 1. The lowest BCUT2D eigenvalue weighted by atomic mass is 10.1. The van der Waals surface area contributed by atoms with Crippen LogP contribution in [0.25, 0.3) is 10.9 Å². The molecule has 2 nitrogen and oxygen atoms in total. The number of benzene rings is 1. The fourth-order valence-electron chi connectivity index (χ4n) is 2.40. The number of hydrogen-bond donors (Lipinski definition) is 1. The second kappa shape index (κ2) is 3.87. The van der Waals surface area contributed by atoms with Crippen LogP contribution in [0.15, 0.2) is 24.4 Å². The predicted molar refractivity (Wildman–Crippen MR) is 65.6 cm³/mol. The van der Waals surface area contributed by atoms with Gasteiger partial charge in [-0.05, 0) is 30.2 Å². The Labute approximate surface area is 95.7 Å². The number of rotatable bonds is 0. The third-order valence-electron chi connectivity index (χ3n) is 3.07. The third kappa shape index (κ3) is 1.54. The first-order valence-corrected chi connectivity index (χ1v) is 5.13. The molecule has 0 aliphatic carbocycles. The van der Waals surface area contributed by atoms with Gasteiger partial charge in [0.05, 0.1) is 0 Å². The van der Waals surface area contributed by atoms with Crippen LogP contribution in [0.3, 0.4) is 0 Å². The summed E-state index contributed by atoms with van der Waals surface area (Å²) in [6.45, 7) is 2.10. The highest BCUT2D eigenvalue weighted by molar-refractivity contribution is 5.87. The number of aryl methyl sites for hydroxylation is 1. The van der Waals surface area contributed by atoms with Crippen LogP contribution in [-0.4, -0.2) is 11.1 Å². The fourth-order valence-corrected chi connectivity index (χ4v) is 2.40. The molecule has 0 amide bonds. The number of aromatic nitrogens is 1. The molecule has 0 atom stereocenters. The Morgan fingerprint density at radius 1 is 1.27 bits per heavy atom. The van der Waals surface area contributed by atoms with Crippen molar-refractivity contribution in [1.29, 1.82) is 0 Å². The van der Waals surface area contributed by atoms with Gasteiger partial charge in [-0.3, -0.25) is 0 Å². The molecular formula is C12H15ClN2. The SMILES string of the molecule is Cl.Cn1cc2c3c(cccc31)CNCC2. The van der Waals surface area contributed by atoms with E-state index in [9.17, 15) is 0 Å². The lowest BCUT2D eigenvalue weighted by Crippen LogP contribution is -2.13. The van der Waals surface area contributed by atoms with Crippen LogP contribution in [-0.2, 0) is 20.0 Å². The minimum absolute atomic E-state index is 0. The molecule has 1 aromatic heterocycles. The zero-order valence-electron chi connectivity index (χ0n) is 8.79. The molecule has 3 rings (SSSR count). The van der Waals surface area contributed by atoms with Gasteiger partial charge < -0.3 is 9.88 Å². The van der Waals surface area contributed by atoms with Crippen molar-refractivity contribution in [2.75, 3.05) is 6.54 Å². The van der Waals surface area contributed by atoms with Crippen molar-refractivity contribution in [3.05, 3.63) is 35.5 Å². The van der Waals surface area contributed by atoms with Crippen LogP contribution >= 0.6 is 12.4 Å². The topological polar surface area (TPSA) is 17.0 Å². The van der Waals surface area contributed by atoms with Crippen molar-refractivity contribution in [3.8, 4) is 0 Å². The second-order valence-electron chi connectivity index (χ2n) is 4.00. The van der Waals surface area contributed by atoms with Gasteiger partial charge in [0.1, 0.15) is 0 Å². The molecule has 2 aromatic rings. The summed E-state index contributed by atoms with van der Waals surface area (Å²) in [6.07, 6.45) is 3.41. The molecule has 0 saturated carbocycles. The van der Waals surface area contributed by atoms with Gasteiger partial charge >= 0.3 is 0 Å². The van der Waals surface area contributed by atoms with E-state index in [1.165, 1.54) is 22.0 Å². The smallest absolute Gasteiger partial charge is 0.0483 e. The number of halogens is 1. The van der Waals surface area contributed by atoms with Gasteiger partial charge in [0.25, 0.3) is 0 Å². The first-order chi connectivity index (χ1) is 6.86. The summed E-state index contributed by atoms with van der Waals surface area (Å²) in [4.78, 5) is 0. The number of nitrogens with one attached hydrogen (secondary N) is 1. The standard InChI is InChI=1S/C12H14N2.ClH/c1-14-8-10-5-6-13-7-9-3-2-4-11(14)12(9)10;/h2-4,8,13H,5-7H2,1H3;1H. The van der Waals surface area contributed by atoms with Crippen LogP contribution in [0.2, 0.25) is 0 Å². The van der Waals surface area contributed by atoms with Crippen LogP contribution in [0, 0.1) is 0 Å². The monoisotopic (exact) mass is 222 g/mol. The van der Waals surface area contributed by atoms with Gasteiger partial charge in [0.15, 0.2) is 0 Å². The van der Waals surface area contributed by atoms with Gasteiger partial charge in [0.2, 0.25) is 0 Å². The Bertz CT molecular complexity index is 488. The summed E-state index contributed by atoms with van der Waals surface area (Å²) in [7, 11) is 2.13. The molecule has 0 fully saturated rings. The summed E-state index contributed by atoms with van der Waals surface area (Å²) in [5, 5.41) is 4.92. The van der Waals surface area contributed by atoms with Crippen molar-refractivity contribution in [1.82, 2.24) is 9.88 Å². The summed E-state index contributed by atoms with van der Waals surface area (Å²) >= 11 is 0.